The minimum atomic E-state index is 0.738. The highest BCUT2D eigenvalue weighted by Gasteiger charge is 2.10. The van der Waals surface area contributed by atoms with Crippen LogP contribution in [0.3, 0.4) is 0 Å². The average Bonchev–Trinajstić information content (AvgIpc) is 3.16. The van der Waals surface area contributed by atoms with Gasteiger partial charge in [-0.2, -0.15) is 0 Å². The molecule has 5 heteroatoms. The van der Waals surface area contributed by atoms with Crippen LogP contribution >= 0.6 is 0 Å². The second-order valence-electron chi connectivity index (χ2n) is 6.18. The number of fused-ring (bicyclic) bond motifs is 2. The van der Waals surface area contributed by atoms with Crippen LogP contribution in [0.1, 0.15) is 25.6 Å². The van der Waals surface area contributed by atoms with Crippen LogP contribution < -0.4 is 0 Å². The van der Waals surface area contributed by atoms with Gasteiger partial charge in [-0.15, -0.1) is 0 Å². The second-order valence-corrected chi connectivity index (χ2v) is 6.18. The van der Waals surface area contributed by atoms with Crippen LogP contribution in [0.25, 0.3) is 22.1 Å². The molecule has 0 aliphatic heterocycles. The molecule has 0 aliphatic carbocycles. The Hall–Kier alpha value is -2.95. The average molecular weight is 331 g/mol. The standard InChI is InChI=1S/C20H21N5/c1-3-4-13-25-18-12-8-6-10-16(18)23-20(25)21-14-19-22-15-9-5-7-11-17(15)24(19)2/h5-12,14H,3-4,13H2,1-2H3/b21-14-. The lowest BCUT2D eigenvalue weighted by Gasteiger charge is -2.05. The third-order valence-corrected chi connectivity index (χ3v) is 4.49. The summed E-state index contributed by atoms with van der Waals surface area (Å²) in [7, 11) is 2.01. The highest BCUT2D eigenvalue weighted by molar-refractivity contribution is 5.86. The van der Waals surface area contributed by atoms with E-state index in [0.29, 0.717) is 0 Å². The first-order valence-electron chi connectivity index (χ1n) is 8.68. The number of aryl methyl sites for hydroxylation is 2. The highest BCUT2D eigenvalue weighted by atomic mass is 15.2. The van der Waals surface area contributed by atoms with Gasteiger partial charge < -0.3 is 9.13 Å². The monoisotopic (exact) mass is 331 g/mol. The fourth-order valence-corrected chi connectivity index (χ4v) is 3.09. The Morgan fingerprint density at radius 3 is 2.36 bits per heavy atom. The Kier molecular flexibility index (Phi) is 4.06. The minimum Gasteiger partial charge on any atom is -0.326 e. The van der Waals surface area contributed by atoms with E-state index >= 15 is 0 Å². The molecular weight excluding hydrogens is 310 g/mol. The zero-order valence-corrected chi connectivity index (χ0v) is 14.6. The molecule has 2 aromatic heterocycles. The zero-order chi connectivity index (χ0) is 17.2. The van der Waals surface area contributed by atoms with Crippen molar-refractivity contribution in [2.45, 2.75) is 26.3 Å². The maximum atomic E-state index is 4.69. The van der Waals surface area contributed by atoms with Crippen molar-refractivity contribution in [3.8, 4) is 0 Å². The fourth-order valence-electron chi connectivity index (χ4n) is 3.09. The zero-order valence-electron chi connectivity index (χ0n) is 14.6. The van der Waals surface area contributed by atoms with Crippen molar-refractivity contribution < 1.29 is 0 Å². The number of aliphatic imine (C=N–C) groups is 1. The van der Waals surface area contributed by atoms with E-state index in [4.69, 9.17) is 4.98 Å². The molecule has 0 unspecified atom stereocenters. The molecule has 0 N–H and O–H groups in total. The quantitative estimate of drug-likeness (QED) is 0.506. The number of benzene rings is 2. The van der Waals surface area contributed by atoms with Gasteiger partial charge in [0.2, 0.25) is 5.95 Å². The van der Waals surface area contributed by atoms with Crippen LogP contribution in [-0.4, -0.2) is 25.3 Å². The van der Waals surface area contributed by atoms with Crippen LogP contribution in [0.5, 0.6) is 0 Å². The van der Waals surface area contributed by atoms with Crippen molar-refractivity contribution >= 4 is 34.2 Å². The number of para-hydroxylation sites is 4. The van der Waals surface area contributed by atoms with Crippen LogP contribution in [0.15, 0.2) is 53.5 Å². The van der Waals surface area contributed by atoms with E-state index in [1.165, 1.54) is 0 Å². The fraction of sp³-hybridized carbons (Fsp3) is 0.250. The molecule has 2 heterocycles. The molecule has 25 heavy (non-hydrogen) atoms. The van der Waals surface area contributed by atoms with Gasteiger partial charge in [-0.3, -0.25) is 0 Å². The third kappa shape index (κ3) is 2.82. The lowest BCUT2D eigenvalue weighted by Crippen LogP contribution is -1.99. The molecule has 4 aromatic rings. The molecule has 0 atom stereocenters. The lowest BCUT2D eigenvalue weighted by molar-refractivity contribution is 0.649. The first-order valence-corrected chi connectivity index (χ1v) is 8.68. The summed E-state index contributed by atoms with van der Waals surface area (Å²) in [4.78, 5) is 14.0. The predicted molar refractivity (Wildman–Crippen MR) is 103 cm³/mol. The molecule has 0 bridgehead atoms. The second kappa shape index (κ2) is 6.51. The molecule has 2 aromatic carbocycles. The number of hydrogen-bond donors (Lipinski definition) is 0. The van der Waals surface area contributed by atoms with Gasteiger partial charge in [0, 0.05) is 13.6 Å². The van der Waals surface area contributed by atoms with E-state index < -0.39 is 0 Å². The molecular formula is C20H21N5. The van der Waals surface area contributed by atoms with Gasteiger partial charge in [0.1, 0.15) is 0 Å². The van der Waals surface area contributed by atoms with E-state index in [2.05, 4.69) is 38.2 Å². The lowest BCUT2D eigenvalue weighted by atomic mass is 10.3. The van der Waals surface area contributed by atoms with E-state index in [9.17, 15) is 0 Å². The van der Waals surface area contributed by atoms with Crippen molar-refractivity contribution in [1.82, 2.24) is 19.1 Å². The maximum absolute atomic E-state index is 4.69. The number of aromatic nitrogens is 4. The summed E-state index contributed by atoms with van der Waals surface area (Å²) in [6, 6.07) is 16.3. The number of hydrogen-bond acceptors (Lipinski definition) is 3. The van der Waals surface area contributed by atoms with Crippen LogP contribution in [0.2, 0.25) is 0 Å². The molecule has 0 fully saturated rings. The van der Waals surface area contributed by atoms with Gasteiger partial charge in [0.05, 0.1) is 28.3 Å². The molecule has 4 rings (SSSR count). The van der Waals surface area contributed by atoms with Crippen LogP contribution in [0.4, 0.5) is 5.95 Å². The van der Waals surface area contributed by atoms with Gasteiger partial charge in [-0.05, 0) is 30.7 Å². The molecule has 0 radical (unpaired) electrons. The number of rotatable bonds is 5. The van der Waals surface area contributed by atoms with Crippen molar-refractivity contribution in [2.75, 3.05) is 0 Å². The largest absolute Gasteiger partial charge is 0.326 e. The van der Waals surface area contributed by atoms with Gasteiger partial charge in [-0.1, -0.05) is 37.6 Å². The Bertz CT molecular complexity index is 1050. The Balaban J connectivity index is 1.76. The minimum absolute atomic E-state index is 0.738. The topological polar surface area (TPSA) is 48.0 Å². The van der Waals surface area contributed by atoms with Crippen molar-refractivity contribution in [1.29, 1.82) is 0 Å². The van der Waals surface area contributed by atoms with Gasteiger partial charge >= 0.3 is 0 Å². The van der Waals surface area contributed by atoms with Crippen molar-refractivity contribution in [2.24, 2.45) is 12.0 Å². The van der Waals surface area contributed by atoms with E-state index in [-0.39, 0.29) is 0 Å². The number of unbranched alkanes of at least 4 members (excludes halogenated alkanes) is 1. The molecule has 5 nitrogen and oxygen atoms in total. The molecule has 0 saturated carbocycles. The van der Waals surface area contributed by atoms with E-state index in [1.54, 1.807) is 0 Å². The van der Waals surface area contributed by atoms with Gasteiger partial charge in [0.15, 0.2) is 5.82 Å². The predicted octanol–water partition coefficient (Wildman–Crippen LogP) is 4.47. The van der Waals surface area contributed by atoms with Gasteiger partial charge in [-0.25, -0.2) is 15.0 Å². The summed E-state index contributed by atoms with van der Waals surface area (Å²) < 4.78 is 4.25. The summed E-state index contributed by atoms with van der Waals surface area (Å²) >= 11 is 0. The third-order valence-electron chi connectivity index (χ3n) is 4.49. The van der Waals surface area contributed by atoms with Gasteiger partial charge in [0.25, 0.3) is 0 Å². The Labute approximate surface area is 146 Å². The molecule has 0 saturated heterocycles. The number of imidazole rings is 2. The molecule has 0 aliphatic rings. The molecule has 0 spiro atoms. The van der Waals surface area contributed by atoms with Crippen molar-refractivity contribution in [3.63, 3.8) is 0 Å². The SMILES string of the molecule is CCCCn1c(/N=C\c2nc3ccccc3n2C)nc2ccccc21. The molecule has 126 valence electrons. The Morgan fingerprint density at radius 2 is 1.64 bits per heavy atom. The Morgan fingerprint density at radius 1 is 0.960 bits per heavy atom. The maximum Gasteiger partial charge on any atom is 0.230 e. The normalized spacial score (nSPS) is 11.9. The molecule has 0 amide bonds. The van der Waals surface area contributed by atoms with E-state index in [1.807, 2.05) is 49.7 Å². The highest BCUT2D eigenvalue weighted by Crippen LogP contribution is 2.22. The van der Waals surface area contributed by atoms with E-state index in [0.717, 1.165) is 53.2 Å². The first kappa shape index (κ1) is 15.6. The summed E-state index contributed by atoms with van der Waals surface area (Å²) in [6.45, 7) is 3.12. The van der Waals surface area contributed by atoms with Crippen LogP contribution in [0, 0.1) is 0 Å². The summed E-state index contributed by atoms with van der Waals surface area (Å²) in [5.74, 6) is 1.57. The smallest absolute Gasteiger partial charge is 0.230 e. The first-order chi connectivity index (χ1) is 12.3. The number of nitrogens with zero attached hydrogens (tertiary/aromatic N) is 5. The van der Waals surface area contributed by atoms with Crippen molar-refractivity contribution in [3.05, 3.63) is 54.4 Å². The summed E-state index contributed by atoms with van der Waals surface area (Å²) in [5, 5.41) is 0. The summed E-state index contributed by atoms with van der Waals surface area (Å²) in [6.07, 6.45) is 4.05. The summed E-state index contributed by atoms with van der Waals surface area (Å²) in [5.41, 5.74) is 4.19. The van der Waals surface area contributed by atoms with Crippen LogP contribution in [-0.2, 0) is 13.6 Å².